The first-order chi connectivity index (χ1) is 6.88. The van der Waals surface area contributed by atoms with Gasteiger partial charge in [-0.2, -0.15) is 0 Å². The van der Waals surface area contributed by atoms with E-state index in [4.69, 9.17) is 5.21 Å². The maximum atomic E-state index is 11.8. The zero-order chi connectivity index (χ0) is 11.9. The van der Waals surface area contributed by atoms with Gasteiger partial charge in [-0.15, -0.1) is 6.58 Å². The Bertz CT molecular complexity index is 340. The first-order valence-electron chi connectivity index (χ1n) is 4.78. The van der Waals surface area contributed by atoms with Crippen molar-refractivity contribution in [3.05, 3.63) is 12.7 Å². The molecule has 1 heterocycles. The summed E-state index contributed by atoms with van der Waals surface area (Å²) in [6.07, 6.45) is 1.84. The van der Waals surface area contributed by atoms with Crippen molar-refractivity contribution >= 4 is 11.6 Å². The van der Waals surface area contributed by atoms with Gasteiger partial charge >= 0.3 is 0 Å². The molecule has 5 heteroatoms. The molecular formula is C10H16N2O3. The Morgan fingerprint density at radius 1 is 1.60 bits per heavy atom. The minimum atomic E-state index is -1.13. The minimum Gasteiger partial charge on any atom is -0.411 e. The number of hydrogen-bond donors (Lipinski definition) is 2. The fourth-order valence-electron chi connectivity index (χ4n) is 1.92. The maximum Gasteiger partial charge on any atom is 0.258 e. The molecule has 2 N–H and O–H groups in total. The monoisotopic (exact) mass is 212 g/mol. The molecule has 1 rings (SSSR count). The van der Waals surface area contributed by atoms with Gasteiger partial charge in [0.1, 0.15) is 11.3 Å². The average Bonchev–Trinajstić information content (AvgIpc) is 2.39. The Labute approximate surface area is 88.6 Å². The molecule has 1 aliphatic heterocycles. The fourth-order valence-corrected chi connectivity index (χ4v) is 1.92. The van der Waals surface area contributed by atoms with Crippen LogP contribution in [0.5, 0.6) is 0 Å². The summed E-state index contributed by atoms with van der Waals surface area (Å²) in [6, 6.07) is 0. The van der Waals surface area contributed by atoms with Gasteiger partial charge in [0.05, 0.1) is 5.41 Å². The highest BCUT2D eigenvalue weighted by Gasteiger charge is 2.59. The third kappa shape index (κ3) is 1.19. The van der Waals surface area contributed by atoms with E-state index in [9.17, 15) is 10.0 Å². The topological polar surface area (TPSA) is 73.1 Å². The van der Waals surface area contributed by atoms with E-state index in [1.54, 1.807) is 20.8 Å². The molecule has 0 aliphatic carbocycles. The quantitative estimate of drug-likeness (QED) is 0.314. The summed E-state index contributed by atoms with van der Waals surface area (Å²) >= 11 is 0. The number of nitrogens with zero attached hydrogens (tertiary/aromatic N) is 2. The van der Waals surface area contributed by atoms with Crippen molar-refractivity contribution in [3.63, 3.8) is 0 Å². The molecule has 0 aromatic rings. The molecule has 0 bridgehead atoms. The molecule has 1 fully saturated rings. The molecule has 2 atom stereocenters. The van der Waals surface area contributed by atoms with Crippen LogP contribution in [-0.4, -0.2) is 32.6 Å². The summed E-state index contributed by atoms with van der Waals surface area (Å²) < 4.78 is 0. The van der Waals surface area contributed by atoms with Gasteiger partial charge in [0.2, 0.25) is 0 Å². The van der Waals surface area contributed by atoms with Crippen molar-refractivity contribution in [2.75, 3.05) is 0 Å². The number of hydrogen-bond acceptors (Lipinski definition) is 4. The molecule has 0 saturated carbocycles. The predicted octanol–water partition coefficient (Wildman–Crippen LogP) is 1.41. The van der Waals surface area contributed by atoms with Gasteiger partial charge in [-0.1, -0.05) is 18.2 Å². The molecule has 1 saturated heterocycles. The highest BCUT2D eigenvalue weighted by Crippen LogP contribution is 2.41. The summed E-state index contributed by atoms with van der Waals surface area (Å²) in [5.41, 5.74) is -1.87. The van der Waals surface area contributed by atoms with Crippen LogP contribution in [0.2, 0.25) is 0 Å². The molecule has 0 spiro atoms. The van der Waals surface area contributed by atoms with Crippen LogP contribution in [0, 0.1) is 5.41 Å². The van der Waals surface area contributed by atoms with Gasteiger partial charge in [0, 0.05) is 0 Å². The zero-order valence-corrected chi connectivity index (χ0v) is 9.19. The maximum absolute atomic E-state index is 11.8. The van der Waals surface area contributed by atoms with Crippen LogP contribution in [0.3, 0.4) is 0 Å². The Morgan fingerprint density at radius 3 is 2.47 bits per heavy atom. The van der Waals surface area contributed by atoms with Crippen molar-refractivity contribution in [1.29, 1.82) is 0 Å². The molecule has 2 unspecified atom stereocenters. The van der Waals surface area contributed by atoms with E-state index in [2.05, 4.69) is 11.7 Å². The first kappa shape index (κ1) is 11.7. The molecular weight excluding hydrogens is 196 g/mol. The van der Waals surface area contributed by atoms with Gasteiger partial charge < -0.3 is 5.21 Å². The Morgan fingerprint density at radius 2 is 2.13 bits per heavy atom. The van der Waals surface area contributed by atoms with E-state index in [0.29, 0.717) is 11.5 Å². The average molecular weight is 212 g/mol. The fraction of sp³-hybridized carbons (Fsp3) is 0.600. The standard InChI is InChI=1S/C10H16N2O3/c1-5-9(3)7(11-14)10(4,6-2)12(15)8(9)13/h6,14-15H,2,5H2,1,3-4H3/b11-7-. The lowest BCUT2D eigenvalue weighted by atomic mass is 9.78. The Kier molecular flexibility index (Phi) is 2.61. The SMILES string of the molecule is C=CC1(C)/C(=N\O)C(C)(CC)C(=O)N1O. The van der Waals surface area contributed by atoms with Crippen LogP contribution < -0.4 is 0 Å². The van der Waals surface area contributed by atoms with Crippen molar-refractivity contribution in [2.45, 2.75) is 32.7 Å². The molecule has 5 nitrogen and oxygen atoms in total. The van der Waals surface area contributed by atoms with Crippen LogP contribution in [0.1, 0.15) is 27.2 Å². The van der Waals surface area contributed by atoms with Crippen LogP contribution >= 0.6 is 0 Å². The number of hydroxylamine groups is 2. The molecule has 84 valence electrons. The van der Waals surface area contributed by atoms with E-state index in [1.807, 2.05) is 0 Å². The van der Waals surface area contributed by atoms with Gasteiger partial charge in [0.15, 0.2) is 0 Å². The number of rotatable bonds is 2. The molecule has 0 radical (unpaired) electrons. The van der Waals surface area contributed by atoms with E-state index in [0.717, 1.165) is 0 Å². The number of oxime groups is 1. The third-order valence-corrected chi connectivity index (χ3v) is 3.31. The van der Waals surface area contributed by atoms with Crippen molar-refractivity contribution < 1.29 is 15.2 Å². The van der Waals surface area contributed by atoms with E-state index in [-0.39, 0.29) is 5.71 Å². The number of carbonyl (C=O) groups is 1. The predicted molar refractivity (Wildman–Crippen MR) is 54.9 cm³/mol. The van der Waals surface area contributed by atoms with Crippen molar-refractivity contribution in [3.8, 4) is 0 Å². The molecule has 1 amide bonds. The highest BCUT2D eigenvalue weighted by atomic mass is 16.5. The highest BCUT2D eigenvalue weighted by molar-refractivity contribution is 6.19. The van der Waals surface area contributed by atoms with Gasteiger partial charge in [-0.25, -0.2) is 5.06 Å². The largest absolute Gasteiger partial charge is 0.411 e. The molecule has 0 aromatic carbocycles. The second kappa shape index (κ2) is 3.34. The Hall–Kier alpha value is -1.36. The van der Waals surface area contributed by atoms with E-state index >= 15 is 0 Å². The van der Waals surface area contributed by atoms with Crippen molar-refractivity contribution in [1.82, 2.24) is 5.06 Å². The second-order valence-electron chi connectivity index (χ2n) is 4.10. The van der Waals surface area contributed by atoms with Crippen LogP contribution in [0.4, 0.5) is 0 Å². The van der Waals surface area contributed by atoms with Crippen molar-refractivity contribution in [2.24, 2.45) is 10.6 Å². The second-order valence-corrected chi connectivity index (χ2v) is 4.10. The van der Waals surface area contributed by atoms with Gasteiger partial charge in [-0.3, -0.25) is 10.0 Å². The lowest BCUT2D eigenvalue weighted by Gasteiger charge is -2.26. The van der Waals surface area contributed by atoms with E-state index in [1.165, 1.54) is 6.08 Å². The molecule has 0 aromatic heterocycles. The summed E-state index contributed by atoms with van der Waals surface area (Å²) in [5.74, 6) is -0.472. The van der Waals surface area contributed by atoms with Gasteiger partial charge in [-0.05, 0) is 20.3 Å². The van der Waals surface area contributed by atoms with Crippen LogP contribution in [0.25, 0.3) is 0 Å². The normalized spacial score (nSPS) is 38.8. The summed E-state index contributed by atoms with van der Waals surface area (Å²) in [7, 11) is 0. The lowest BCUT2D eigenvalue weighted by Crippen LogP contribution is -2.43. The van der Waals surface area contributed by atoms with Crippen LogP contribution in [-0.2, 0) is 4.79 Å². The lowest BCUT2D eigenvalue weighted by molar-refractivity contribution is -0.175. The third-order valence-electron chi connectivity index (χ3n) is 3.31. The first-order valence-corrected chi connectivity index (χ1v) is 4.78. The molecule has 1 aliphatic rings. The Balaban J connectivity index is 3.41. The van der Waals surface area contributed by atoms with Crippen LogP contribution in [0.15, 0.2) is 17.8 Å². The summed E-state index contributed by atoms with van der Waals surface area (Å²) in [6.45, 7) is 8.57. The number of amides is 1. The van der Waals surface area contributed by atoms with Gasteiger partial charge in [0.25, 0.3) is 5.91 Å². The zero-order valence-electron chi connectivity index (χ0n) is 9.19. The molecule has 15 heavy (non-hydrogen) atoms. The summed E-state index contributed by atoms with van der Waals surface area (Å²) in [4.78, 5) is 11.8. The smallest absolute Gasteiger partial charge is 0.258 e. The minimum absolute atomic E-state index is 0.222. The summed E-state index contributed by atoms with van der Waals surface area (Å²) in [5, 5.41) is 22.4. The van der Waals surface area contributed by atoms with E-state index < -0.39 is 16.9 Å². The number of carbonyl (C=O) groups excluding carboxylic acids is 1.